The molecule has 1 amide bonds. The van der Waals surface area contributed by atoms with Crippen molar-refractivity contribution in [1.82, 2.24) is 35.7 Å². The van der Waals surface area contributed by atoms with Crippen LogP contribution in [-0.4, -0.2) is 42.6 Å². The van der Waals surface area contributed by atoms with Gasteiger partial charge in [-0.25, -0.2) is 0 Å². The van der Waals surface area contributed by atoms with Crippen molar-refractivity contribution in [2.45, 2.75) is 19.8 Å². The number of tetrazole rings is 1. The number of carbonyl (C=O) groups is 1. The van der Waals surface area contributed by atoms with Gasteiger partial charge in [0.25, 0.3) is 11.7 Å². The fourth-order valence-electron chi connectivity index (χ4n) is 1.84. The number of benzene rings is 1. The zero-order valence-corrected chi connectivity index (χ0v) is 13.1. The van der Waals surface area contributed by atoms with E-state index in [1.807, 2.05) is 0 Å². The lowest BCUT2D eigenvalue weighted by Crippen LogP contribution is -2.24. The molecular weight excluding hydrogens is 359 g/mol. The molecule has 2 heterocycles. The quantitative estimate of drug-likeness (QED) is 0.712. The fraction of sp³-hybridized carbons (Fsp3) is 0.231. The molecule has 0 aliphatic rings. The molecule has 136 valence electrons. The van der Waals surface area contributed by atoms with E-state index in [9.17, 15) is 18.0 Å². The molecule has 0 atom stereocenters. The van der Waals surface area contributed by atoms with Crippen molar-refractivity contribution >= 4 is 5.91 Å². The number of halogens is 3. The SMILES string of the molecule is Cc1noc(CNC(=O)c2nnn(-c3ccc(OC(F)(F)F)cc3)n2)n1. The Morgan fingerprint density at radius 3 is 2.65 bits per heavy atom. The highest BCUT2D eigenvalue weighted by atomic mass is 19.4. The van der Waals surface area contributed by atoms with E-state index < -0.39 is 18.0 Å². The largest absolute Gasteiger partial charge is 0.573 e. The number of aromatic nitrogens is 6. The number of aryl methyl sites for hydroxylation is 1. The lowest BCUT2D eigenvalue weighted by atomic mass is 10.3. The number of ether oxygens (including phenoxy) is 1. The third-order valence-electron chi connectivity index (χ3n) is 2.89. The van der Waals surface area contributed by atoms with Crippen LogP contribution in [-0.2, 0) is 6.54 Å². The highest BCUT2D eigenvalue weighted by Gasteiger charge is 2.31. The molecular formula is C13H10F3N7O3. The molecule has 1 N–H and O–H groups in total. The van der Waals surface area contributed by atoms with Crippen molar-refractivity contribution in [2.75, 3.05) is 0 Å². The van der Waals surface area contributed by atoms with Gasteiger partial charge in [0.05, 0.1) is 12.2 Å². The summed E-state index contributed by atoms with van der Waals surface area (Å²) in [7, 11) is 0. The standard InChI is InChI=1S/C13H10F3N7O3/c1-7-18-10(26-21-7)6-17-12(24)11-19-22-23(20-11)8-2-4-9(5-3-8)25-13(14,15)16/h2-5H,6H2,1H3,(H,17,24). The molecule has 13 heteroatoms. The molecule has 10 nitrogen and oxygen atoms in total. The first-order chi connectivity index (χ1) is 12.3. The maximum absolute atomic E-state index is 12.1. The van der Waals surface area contributed by atoms with Gasteiger partial charge in [-0.2, -0.15) is 4.98 Å². The van der Waals surface area contributed by atoms with Crippen LogP contribution in [0.15, 0.2) is 28.8 Å². The second-order valence-corrected chi connectivity index (χ2v) is 4.86. The average molecular weight is 369 g/mol. The van der Waals surface area contributed by atoms with E-state index >= 15 is 0 Å². The normalized spacial score (nSPS) is 11.4. The summed E-state index contributed by atoms with van der Waals surface area (Å²) in [5.74, 6) is -0.630. The summed E-state index contributed by atoms with van der Waals surface area (Å²) in [6.45, 7) is 1.62. The Hall–Kier alpha value is -3.51. The van der Waals surface area contributed by atoms with Gasteiger partial charge in [0.2, 0.25) is 5.89 Å². The molecule has 1 aromatic carbocycles. The lowest BCUT2D eigenvalue weighted by molar-refractivity contribution is -0.274. The van der Waals surface area contributed by atoms with E-state index in [-0.39, 0.29) is 18.3 Å². The van der Waals surface area contributed by atoms with Gasteiger partial charge in [-0.1, -0.05) is 5.16 Å². The summed E-state index contributed by atoms with van der Waals surface area (Å²) in [6, 6.07) is 4.74. The number of alkyl halides is 3. The fourth-order valence-corrected chi connectivity index (χ4v) is 1.84. The minimum atomic E-state index is -4.78. The number of nitrogens with zero attached hydrogens (tertiary/aromatic N) is 6. The maximum atomic E-state index is 12.1. The molecule has 0 aliphatic carbocycles. The summed E-state index contributed by atoms with van der Waals surface area (Å²) in [6.07, 6.45) is -4.78. The summed E-state index contributed by atoms with van der Waals surface area (Å²) < 4.78 is 45.0. The maximum Gasteiger partial charge on any atom is 0.573 e. The van der Waals surface area contributed by atoms with Gasteiger partial charge in [0.15, 0.2) is 5.82 Å². The van der Waals surface area contributed by atoms with Crippen molar-refractivity contribution in [1.29, 1.82) is 0 Å². The van der Waals surface area contributed by atoms with Crippen LogP contribution >= 0.6 is 0 Å². The van der Waals surface area contributed by atoms with Crippen LogP contribution in [0.2, 0.25) is 0 Å². The Bertz CT molecular complexity index is 904. The highest BCUT2D eigenvalue weighted by molar-refractivity contribution is 5.89. The minimum Gasteiger partial charge on any atom is -0.406 e. The Balaban J connectivity index is 1.64. The van der Waals surface area contributed by atoms with E-state index in [2.05, 4.69) is 35.6 Å². The molecule has 0 saturated heterocycles. The molecule has 0 saturated carbocycles. The summed E-state index contributed by atoms with van der Waals surface area (Å²) in [5.41, 5.74) is 0.290. The number of rotatable bonds is 5. The van der Waals surface area contributed by atoms with E-state index in [0.29, 0.717) is 11.5 Å². The molecule has 26 heavy (non-hydrogen) atoms. The Morgan fingerprint density at radius 1 is 1.31 bits per heavy atom. The van der Waals surface area contributed by atoms with Gasteiger partial charge in [-0.3, -0.25) is 4.79 Å². The summed E-state index contributed by atoms with van der Waals surface area (Å²) >= 11 is 0. The molecule has 0 unspecified atom stereocenters. The second kappa shape index (κ2) is 6.78. The topological polar surface area (TPSA) is 121 Å². The molecule has 2 aromatic heterocycles. The third kappa shape index (κ3) is 4.31. The second-order valence-electron chi connectivity index (χ2n) is 4.86. The van der Waals surface area contributed by atoms with Crippen LogP contribution in [0.5, 0.6) is 5.75 Å². The Morgan fingerprint density at radius 2 is 2.04 bits per heavy atom. The van der Waals surface area contributed by atoms with Crippen LogP contribution in [0, 0.1) is 6.92 Å². The van der Waals surface area contributed by atoms with E-state index in [4.69, 9.17) is 4.52 Å². The number of hydrogen-bond acceptors (Lipinski definition) is 8. The molecule has 0 fully saturated rings. The first-order valence-electron chi connectivity index (χ1n) is 7.04. The van der Waals surface area contributed by atoms with Crippen molar-refractivity contribution < 1.29 is 27.2 Å². The molecule has 0 spiro atoms. The van der Waals surface area contributed by atoms with Crippen molar-refractivity contribution in [2.24, 2.45) is 0 Å². The number of amides is 1. The predicted molar refractivity (Wildman–Crippen MR) is 76.0 cm³/mol. The van der Waals surface area contributed by atoms with Crippen molar-refractivity contribution in [3.8, 4) is 11.4 Å². The van der Waals surface area contributed by atoms with Crippen LogP contribution < -0.4 is 10.1 Å². The molecule has 0 radical (unpaired) electrons. The Kier molecular flexibility index (Phi) is 4.51. The summed E-state index contributed by atoms with van der Waals surface area (Å²) in [4.78, 5) is 16.9. The molecule has 3 rings (SSSR count). The van der Waals surface area contributed by atoms with Crippen LogP contribution in [0.3, 0.4) is 0 Å². The number of carbonyl (C=O) groups excluding carboxylic acids is 1. The first kappa shape index (κ1) is 17.3. The van der Waals surface area contributed by atoms with E-state index in [1.165, 1.54) is 12.1 Å². The van der Waals surface area contributed by atoms with Crippen LogP contribution in [0.1, 0.15) is 22.3 Å². The molecule has 3 aromatic rings. The smallest absolute Gasteiger partial charge is 0.406 e. The van der Waals surface area contributed by atoms with Crippen LogP contribution in [0.25, 0.3) is 5.69 Å². The number of nitrogens with one attached hydrogen (secondary N) is 1. The zero-order chi connectivity index (χ0) is 18.7. The van der Waals surface area contributed by atoms with Gasteiger partial charge in [0.1, 0.15) is 5.75 Å². The van der Waals surface area contributed by atoms with Crippen molar-refractivity contribution in [3.05, 3.63) is 41.8 Å². The lowest BCUT2D eigenvalue weighted by Gasteiger charge is -2.08. The predicted octanol–water partition coefficient (Wildman–Crippen LogP) is 1.18. The van der Waals surface area contributed by atoms with E-state index in [1.54, 1.807) is 6.92 Å². The first-order valence-corrected chi connectivity index (χ1v) is 7.04. The third-order valence-corrected chi connectivity index (χ3v) is 2.89. The van der Waals surface area contributed by atoms with Gasteiger partial charge in [-0.15, -0.1) is 28.2 Å². The summed E-state index contributed by atoms with van der Waals surface area (Å²) in [5, 5.41) is 17.2. The van der Waals surface area contributed by atoms with E-state index in [0.717, 1.165) is 16.9 Å². The number of hydrogen-bond donors (Lipinski definition) is 1. The van der Waals surface area contributed by atoms with Gasteiger partial charge in [0, 0.05) is 0 Å². The van der Waals surface area contributed by atoms with Crippen LogP contribution in [0.4, 0.5) is 13.2 Å². The van der Waals surface area contributed by atoms with Gasteiger partial charge < -0.3 is 14.6 Å². The molecule has 0 aliphatic heterocycles. The zero-order valence-electron chi connectivity index (χ0n) is 13.1. The molecule has 0 bridgehead atoms. The Labute approximate surface area is 142 Å². The monoisotopic (exact) mass is 369 g/mol. The van der Waals surface area contributed by atoms with Crippen molar-refractivity contribution in [3.63, 3.8) is 0 Å². The highest BCUT2D eigenvalue weighted by Crippen LogP contribution is 2.23. The van der Waals surface area contributed by atoms with Gasteiger partial charge in [-0.05, 0) is 36.4 Å². The minimum absolute atomic E-state index is 0.0162. The average Bonchev–Trinajstić information content (AvgIpc) is 3.21. The van der Waals surface area contributed by atoms with Gasteiger partial charge >= 0.3 is 6.36 Å².